The van der Waals surface area contributed by atoms with Gasteiger partial charge in [0.2, 0.25) is 0 Å². The van der Waals surface area contributed by atoms with Crippen molar-refractivity contribution in [1.29, 1.82) is 0 Å². The van der Waals surface area contributed by atoms with Crippen LogP contribution >= 0.6 is 0 Å². The van der Waals surface area contributed by atoms with E-state index in [0.29, 0.717) is 12.3 Å². The monoisotopic (exact) mass is 321 g/mol. The molecule has 5 heteroatoms. The number of hydrogen-bond acceptors (Lipinski definition) is 4. The fraction of sp³-hybridized carbons (Fsp3) is 0.211. The molecule has 0 fully saturated rings. The molecule has 0 bridgehead atoms. The number of aryl methyl sites for hydroxylation is 2. The first-order chi connectivity index (χ1) is 11.6. The molecule has 0 aliphatic carbocycles. The molecule has 122 valence electrons. The van der Waals surface area contributed by atoms with Gasteiger partial charge in [0.1, 0.15) is 5.69 Å². The summed E-state index contributed by atoms with van der Waals surface area (Å²) in [5, 5.41) is 10.7. The van der Waals surface area contributed by atoms with Crippen LogP contribution in [0.25, 0.3) is 22.4 Å². The third kappa shape index (κ3) is 2.93. The number of rotatable bonds is 4. The van der Waals surface area contributed by atoms with Crippen molar-refractivity contribution in [3.05, 3.63) is 59.3 Å². The summed E-state index contributed by atoms with van der Waals surface area (Å²) < 4.78 is 5.07. The predicted octanol–water partition coefficient (Wildman–Crippen LogP) is 3.93. The van der Waals surface area contributed by atoms with Crippen molar-refractivity contribution >= 4 is 5.97 Å². The molecule has 24 heavy (non-hydrogen) atoms. The Labute approximate surface area is 140 Å². The van der Waals surface area contributed by atoms with E-state index < -0.39 is 5.97 Å². The van der Waals surface area contributed by atoms with Crippen molar-refractivity contribution in [2.75, 3.05) is 6.61 Å². The Kier molecular flexibility index (Phi) is 4.42. The molecule has 1 aromatic heterocycles. The highest BCUT2D eigenvalue weighted by molar-refractivity contribution is 5.96. The molecule has 0 atom stereocenters. The van der Waals surface area contributed by atoms with Crippen LogP contribution < -0.4 is 0 Å². The summed E-state index contributed by atoms with van der Waals surface area (Å²) in [5.74, 6) is -0.476. The van der Waals surface area contributed by atoms with Gasteiger partial charge in [-0.25, -0.2) is 4.79 Å². The van der Waals surface area contributed by atoms with Crippen LogP contribution in [0, 0.1) is 13.8 Å². The maximum absolute atomic E-state index is 12.1. The lowest BCUT2D eigenvalue weighted by Crippen LogP contribution is -2.07. The summed E-state index contributed by atoms with van der Waals surface area (Å²) in [4.78, 5) is 12.1. The highest BCUT2D eigenvalue weighted by atomic mass is 16.5. The molecule has 0 spiro atoms. The van der Waals surface area contributed by atoms with E-state index in [-0.39, 0.29) is 5.69 Å². The normalized spacial score (nSPS) is 10.6. The number of benzene rings is 2. The summed E-state index contributed by atoms with van der Waals surface area (Å²) in [6.45, 7) is 6.23. The molecule has 0 saturated carbocycles. The molecule has 2 aromatic carbocycles. The molecule has 0 amide bonds. The second-order valence-corrected chi connectivity index (χ2v) is 5.59. The fourth-order valence-corrected chi connectivity index (χ4v) is 2.61. The Morgan fingerprint density at radius 1 is 1.04 bits per heavy atom. The van der Waals surface area contributed by atoms with Gasteiger partial charge < -0.3 is 4.74 Å². The SMILES string of the molecule is CCOC(=O)c1n[nH]nc1-c1ccccc1-c1ccc(C)c(C)c1. The molecule has 0 unspecified atom stereocenters. The van der Waals surface area contributed by atoms with Gasteiger partial charge in [-0.2, -0.15) is 10.3 Å². The summed E-state index contributed by atoms with van der Waals surface area (Å²) in [5.41, 5.74) is 6.08. The number of aromatic nitrogens is 3. The van der Waals surface area contributed by atoms with Gasteiger partial charge in [-0.1, -0.05) is 42.5 Å². The highest BCUT2D eigenvalue weighted by Gasteiger charge is 2.21. The van der Waals surface area contributed by atoms with Crippen molar-refractivity contribution < 1.29 is 9.53 Å². The summed E-state index contributed by atoms with van der Waals surface area (Å²) in [6.07, 6.45) is 0. The van der Waals surface area contributed by atoms with Crippen molar-refractivity contribution in [3.8, 4) is 22.4 Å². The molecule has 3 aromatic rings. The number of hydrogen-bond donors (Lipinski definition) is 1. The average molecular weight is 321 g/mol. The molecular formula is C19H19N3O2. The molecule has 0 aliphatic rings. The van der Waals surface area contributed by atoms with E-state index in [9.17, 15) is 4.79 Å². The third-order valence-electron chi connectivity index (χ3n) is 4.02. The van der Waals surface area contributed by atoms with Crippen LogP contribution in [0.2, 0.25) is 0 Å². The molecule has 0 radical (unpaired) electrons. The highest BCUT2D eigenvalue weighted by Crippen LogP contribution is 2.33. The number of H-pyrrole nitrogens is 1. The smallest absolute Gasteiger partial charge is 0.361 e. The van der Waals surface area contributed by atoms with E-state index in [2.05, 4.69) is 47.5 Å². The number of nitrogens with zero attached hydrogens (tertiary/aromatic N) is 2. The zero-order chi connectivity index (χ0) is 17.1. The lowest BCUT2D eigenvalue weighted by atomic mass is 9.94. The number of aromatic amines is 1. The number of carbonyl (C=O) groups is 1. The molecule has 1 N–H and O–H groups in total. The molecule has 3 rings (SSSR count). The van der Waals surface area contributed by atoms with Crippen molar-refractivity contribution in [2.45, 2.75) is 20.8 Å². The van der Waals surface area contributed by atoms with E-state index in [4.69, 9.17) is 4.74 Å². The van der Waals surface area contributed by atoms with Gasteiger partial charge in [0.25, 0.3) is 0 Å². The Bertz CT molecular complexity index is 884. The summed E-state index contributed by atoms with van der Waals surface area (Å²) >= 11 is 0. The van der Waals surface area contributed by atoms with Gasteiger partial charge in [-0.3, -0.25) is 0 Å². The predicted molar refractivity (Wildman–Crippen MR) is 92.7 cm³/mol. The van der Waals surface area contributed by atoms with E-state index in [0.717, 1.165) is 16.7 Å². The van der Waals surface area contributed by atoms with Crippen LogP contribution in [-0.2, 0) is 4.74 Å². The minimum atomic E-state index is -0.476. The first-order valence-electron chi connectivity index (χ1n) is 7.86. The average Bonchev–Trinajstić information content (AvgIpc) is 3.07. The first-order valence-corrected chi connectivity index (χ1v) is 7.86. The van der Waals surface area contributed by atoms with Crippen LogP contribution in [-0.4, -0.2) is 28.0 Å². The quantitative estimate of drug-likeness (QED) is 0.739. The summed E-state index contributed by atoms with van der Waals surface area (Å²) in [6, 6.07) is 14.1. The Morgan fingerprint density at radius 2 is 1.79 bits per heavy atom. The standard InChI is InChI=1S/C19H19N3O2/c1-4-24-19(23)18-17(20-22-21-18)16-8-6-5-7-15(16)14-10-9-12(2)13(3)11-14/h5-11H,4H2,1-3H3,(H,20,21,22). The first kappa shape index (κ1) is 15.9. The van der Waals surface area contributed by atoms with Crippen LogP contribution in [0.15, 0.2) is 42.5 Å². The van der Waals surface area contributed by atoms with E-state index >= 15 is 0 Å². The third-order valence-corrected chi connectivity index (χ3v) is 4.02. The number of esters is 1. The van der Waals surface area contributed by atoms with Gasteiger partial charge in [0, 0.05) is 5.56 Å². The van der Waals surface area contributed by atoms with E-state index in [1.807, 2.05) is 24.3 Å². The number of nitrogens with one attached hydrogen (secondary N) is 1. The molecule has 0 aliphatic heterocycles. The van der Waals surface area contributed by atoms with Gasteiger partial charge >= 0.3 is 5.97 Å². The van der Waals surface area contributed by atoms with Crippen molar-refractivity contribution in [1.82, 2.24) is 15.4 Å². The van der Waals surface area contributed by atoms with Crippen LogP contribution in [0.5, 0.6) is 0 Å². The maximum atomic E-state index is 12.1. The van der Waals surface area contributed by atoms with E-state index in [1.54, 1.807) is 6.92 Å². The topological polar surface area (TPSA) is 67.9 Å². The zero-order valence-corrected chi connectivity index (χ0v) is 14.0. The van der Waals surface area contributed by atoms with Crippen LogP contribution in [0.4, 0.5) is 0 Å². The second-order valence-electron chi connectivity index (χ2n) is 5.59. The molecule has 5 nitrogen and oxygen atoms in total. The zero-order valence-electron chi connectivity index (χ0n) is 14.0. The van der Waals surface area contributed by atoms with Gasteiger partial charge in [0.15, 0.2) is 5.69 Å². The maximum Gasteiger partial charge on any atom is 0.361 e. The van der Waals surface area contributed by atoms with Gasteiger partial charge in [-0.15, -0.1) is 5.10 Å². The molecular weight excluding hydrogens is 302 g/mol. The fourth-order valence-electron chi connectivity index (χ4n) is 2.61. The molecule has 1 heterocycles. The largest absolute Gasteiger partial charge is 0.461 e. The second kappa shape index (κ2) is 6.66. The van der Waals surface area contributed by atoms with Gasteiger partial charge in [0.05, 0.1) is 6.61 Å². The van der Waals surface area contributed by atoms with Gasteiger partial charge in [-0.05, 0) is 43.0 Å². The Morgan fingerprint density at radius 3 is 2.50 bits per heavy atom. The van der Waals surface area contributed by atoms with Crippen molar-refractivity contribution in [3.63, 3.8) is 0 Å². The van der Waals surface area contributed by atoms with Crippen LogP contribution in [0.1, 0.15) is 28.5 Å². The van der Waals surface area contributed by atoms with E-state index in [1.165, 1.54) is 11.1 Å². The minimum Gasteiger partial charge on any atom is -0.461 e. The number of carbonyl (C=O) groups excluding carboxylic acids is 1. The molecule has 0 saturated heterocycles. The lowest BCUT2D eigenvalue weighted by Gasteiger charge is -2.10. The van der Waals surface area contributed by atoms with Crippen LogP contribution in [0.3, 0.4) is 0 Å². The summed E-state index contributed by atoms with van der Waals surface area (Å²) in [7, 11) is 0. The van der Waals surface area contributed by atoms with Crippen molar-refractivity contribution in [2.24, 2.45) is 0 Å². The Hall–Kier alpha value is -2.95. The Balaban J connectivity index is 2.13. The number of ether oxygens (including phenoxy) is 1. The lowest BCUT2D eigenvalue weighted by molar-refractivity contribution is 0.0520. The minimum absolute atomic E-state index is 0.202.